The van der Waals surface area contributed by atoms with Crippen molar-refractivity contribution in [3.05, 3.63) is 36.4 Å². The molecule has 25 heavy (non-hydrogen) atoms. The quantitative estimate of drug-likeness (QED) is 0.707. The van der Waals surface area contributed by atoms with Crippen molar-refractivity contribution in [2.75, 3.05) is 0 Å². The van der Waals surface area contributed by atoms with E-state index in [9.17, 15) is 5.11 Å². The Balaban J connectivity index is 2.02. The summed E-state index contributed by atoms with van der Waals surface area (Å²) < 4.78 is 6.36. The Labute approximate surface area is 148 Å². The van der Waals surface area contributed by atoms with Crippen molar-refractivity contribution in [1.82, 2.24) is 15.4 Å². The van der Waals surface area contributed by atoms with Gasteiger partial charge in [-0.2, -0.15) is 15.4 Å². The third-order valence-corrected chi connectivity index (χ3v) is 3.93. The Hall–Kier alpha value is -2.56. The van der Waals surface area contributed by atoms with E-state index in [1.807, 2.05) is 24.3 Å². The van der Waals surface area contributed by atoms with Gasteiger partial charge in [-0.05, 0) is 61.1 Å². The van der Waals surface area contributed by atoms with Crippen LogP contribution in [0.2, 0.25) is 0 Å². The molecule has 0 saturated carbocycles. The van der Waals surface area contributed by atoms with Crippen molar-refractivity contribution in [3.63, 3.8) is 0 Å². The summed E-state index contributed by atoms with van der Waals surface area (Å²) >= 11 is 0. The number of aromatic hydroxyl groups is 1. The van der Waals surface area contributed by atoms with Crippen molar-refractivity contribution < 1.29 is 9.84 Å². The summed E-state index contributed by atoms with van der Waals surface area (Å²) in [6.45, 7) is 10.8. The monoisotopic (exact) mass is 339 g/mol. The summed E-state index contributed by atoms with van der Waals surface area (Å²) in [6, 6.07) is 11.1. The zero-order chi connectivity index (χ0) is 18.2. The number of nitrogens with one attached hydrogen (secondary N) is 1. The molecule has 0 bridgehead atoms. The summed E-state index contributed by atoms with van der Waals surface area (Å²) in [4.78, 5) is 0. The molecule has 5 heteroatoms. The van der Waals surface area contributed by atoms with Gasteiger partial charge in [0, 0.05) is 0 Å². The van der Waals surface area contributed by atoms with E-state index in [0.29, 0.717) is 5.75 Å². The molecule has 1 heterocycles. The number of rotatable bonds is 4. The van der Waals surface area contributed by atoms with E-state index in [1.54, 1.807) is 12.1 Å². The highest BCUT2D eigenvalue weighted by Gasteiger charge is 2.28. The van der Waals surface area contributed by atoms with Crippen molar-refractivity contribution in [3.8, 4) is 22.6 Å². The molecule has 0 spiro atoms. The fraction of sp³-hybridized carbons (Fsp3) is 0.400. The minimum Gasteiger partial charge on any atom is -0.508 e. The summed E-state index contributed by atoms with van der Waals surface area (Å²) in [5.74, 6) is 0.956. The molecular formula is C20H25N3O2. The second kappa shape index (κ2) is 6.06. The van der Waals surface area contributed by atoms with Crippen LogP contribution >= 0.6 is 0 Å². The highest BCUT2D eigenvalue weighted by Crippen LogP contribution is 2.36. The Morgan fingerprint density at radius 1 is 0.960 bits per heavy atom. The maximum absolute atomic E-state index is 9.51. The smallest absolute Gasteiger partial charge is 0.154 e. The predicted molar refractivity (Wildman–Crippen MR) is 99.8 cm³/mol. The lowest BCUT2D eigenvalue weighted by Gasteiger charge is -2.33. The van der Waals surface area contributed by atoms with Crippen LogP contribution in [0.4, 0.5) is 0 Å². The molecule has 0 atom stereocenters. The largest absolute Gasteiger partial charge is 0.508 e. The first kappa shape index (κ1) is 17.3. The number of nitrogens with zero attached hydrogens (tertiary/aromatic N) is 2. The molecule has 0 fully saturated rings. The van der Waals surface area contributed by atoms with Crippen LogP contribution < -0.4 is 4.74 Å². The third kappa shape index (κ3) is 4.10. The van der Waals surface area contributed by atoms with Gasteiger partial charge in [-0.1, -0.05) is 32.9 Å². The van der Waals surface area contributed by atoms with Gasteiger partial charge in [0.15, 0.2) is 11.3 Å². The first-order valence-electron chi connectivity index (χ1n) is 8.46. The van der Waals surface area contributed by atoms with Gasteiger partial charge in [0.25, 0.3) is 0 Å². The van der Waals surface area contributed by atoms with Crippen molar-refractivity contribution >= 4 is 11.0 Å². The van der Waals surface area contributed by atoms with Crippen LogP contribution in [0, 0.1) is 5.41 Å². The molecule has 0 aliphatic carbocycles. The van der Waals surface area contributed by atoms with Gasteiger partial charge in [0.2, 0.25) is 0 Å². The second-order valence-corrected chi connectivity index (χ2v) is 8.31. The SMILES string of the molecule is CC(C)(C)CC(C)(C)Oc1cc(-c2ccc(O)cc2)cc2n[nH]nc12. The lowest BCUT2D eigenvalue weighted by Crippen LogP contribution is -2.33. The van der Waals surface area contributed by atoms with Gasteiger partial charge in [-0.25, -0.2) is 0 Å². The average Bonchev–Trinajstić information content (AvgIpc) is 2.93. The van der Waals surface area contributed by atoms with Crippen LogP contribution in [-0.2, 0) is 0 Å². The van der Waals surface area contributed by atoms with Gasteiger partial charge in [0.05, 0.1) is 0 Å². The molecule has 1 aromatic heterocycles. The maximum Gasteiger partial charge on any atom is 0.154 e. The fourth-order valence-corrected chi connectivity index (χ4v) is 3.43. The molecular weight excluding hydrogens is 314 g/mol. The van der Waals surface area contributed by atoms with E-state index < -0.39 is 0 Å². The minimum absolute atomic E-state index is 0.154. The molecule has 132 valence electrons. The number of fused-ring (bicyclic) bond motifs is 1. The van der Waals surface area contributed by atoms with Crippen LogP contribution in [0.1, 0.15) is 41.0 Å². The van der Waals surface area contributed by atoms with Crippen LogP contribution in [0.25, 0.3) is 22.2 Å². The summed E-state index contributed by atoms with van der Waals surface area (Å²) in [6.07, 6.45) is 0.906. The van der Waals surface area contributed by atoms with Gasteiger partial charge in [-0.15, -0.1) is 0 Å². The van der Waals surface area contributed by atoms with Crippen LogP contribution in [0.5, 0.6) is 11.5 Å². The van der Waals surface area contributed by atoms with E-state index in [4.69, 9.17) is 4.74 Å². The molecule has 3 aromatic rings. The molecule has 2 N–H and O–H groups in total. The zero-order valence-electron chi connectivity index (χ0n) is 15.4. The van der Waals surface area contributed by atoms with Gasteiger partial charge < -0.3 is 9.84 Å². The molecule has 0 saturated heterocycles. The number of phenolic OH excluding ortho intramolecular Hbond substituents is 1. The topological polar surface area (TPSA) is 71.0 Å². The van der Waals surface area contributed by atoms with E-state index >= 15 is 0 Å². The Morgan fingerprint density at radius 3 is 2.28 bits per heavy atom. The molecule has 0 amide bonds. The first-order chi connectivity index (χ1) is 11.6. The molecule has 0 aliphatic rings. The number of benzene rings is 2. The number of hydrogen-bond donors (Lipinski definition) is 2. The lowest BCUT2D eigenvalue weighted by molar-refractivity contribution is 0.0636. The number of ether oxygens (including phenoxy) is 1. The van der Waals surface area contributed by atoms with E-state index in [0.717, 1.165) is 28.6 Å². The number of hydrogen-bond acceptors (Lipinski definition) is 4. The Kier molecular flexibility index (Phi) is 4.19. The standard InChI is InChI=1S/C20H25N3O2/c1-19(2,3)12-20(4,5)25-17-11-14(10-16-18(17)22-23-21-16)13-6-8-15(24)9-7-13/h6-11,24H,12H2,1-5H3,(H,21,22,23). The van der Waals surface area contributed by atoms with Crippen molar-refractivity contribution in [2.45, 2.75) is 46.6 Å². The minimum atomic E-state index is -0.336. The van der Waals surface area contributed by atoms with Crippen LogP contribution in [-0.4, -0.2) is 26.1 Å². The van der Waals surface area contributed by atoms with Gasteiger partial charge in [0.1, 0.15) is 16.9 Å². The molecule has 5 nitrogen and oxygen atoms in total. The van der Waals surface area contributed by atoms with Gasteiger partial charge >= 0.3 is 0 Å². The number of aromatic nitrogens is 3. The van der Waals surface area contributed by atoms with Crippen molar-refractivity contribution in [1.29, 1.82) is 0 Å². The second-order valence-electron chi connectivity index (χ2n) is 8.31. The average molecular weight is 339 g/mol. The van der Waals surface area contributed by atoms with E-state index in [-0.39, 0.29) is 16.8 Å². The highest BCUT2D eigenvalue weighted by molar-refractivity contribution is 5.86. The lowest BCUT2D eigenvalue weighted by atomic mass is 9.83. The maximum atomic E-state index is 9.51. The fourth-order valence-electron chi connectivity index (χ4n) is 3.43. The number of aromatic amines is 1. The number of phenols is 1. The van der Waals surface area contributed by atoms with E-state index in [2.05, 4.69) is 50.0 Å². The Bertz CT molecular complexity index is 874. The predicted octanol–water partition coefficient (Wildman–Crippen LogP) is 4.92. The summed E-state index contributed by atoms with van der Waals surface area (Å²) in [5.41, 5.74) is 3.26. The Morgan fingerprint density at radius 2 is 1.64 bits per heavy atom. The van der Waals surface area contributed by atoms with Crippen LogP contribution in [0.3, 0.4) is 0 Å². The number of H-pyrrole nitrogens is 1. The molecule has 0 aliphatic heterocycles. The first-order valence-corrected chi connectivity index (χ1v) is 8.46. The zero-order valence-corrected chi connectivity index (χ0v) is 15.4. The van der Waals surface area contributed by atoms with Crippen molar-refractivity contribution in [2.24, 2.45) is 5.41 Å². The molecule has 2 aromatic carbocycles. The van der Waals surface area contributed by atoms with Crippen LogP contribution in [0.15, 0.2) is 36.4 Å². The molecule has 0 radical (unpaired) electrons. The summed E-state index contributed by atoms with van der Waals surface area (Å²) in [7, 11) is 0. The highest BCUT2D eigenvalue weighted by atomic mass is 16.5. The third-order valence-electron chi connectivity index (χ3n) is 3.93. The normalized spacial score (nSPS) is 12.5. The molecule has 0 unspecified atom stereocenters. The molecule has 3 rings (SSSR count). The van der Waals surface area contributed by atoms with Gasteiger partial charge in [-0.3, -0.25) is 0 Å². The summed E-state index contributed by atoms with van der Waals surface area (Å²) in [5, 5.41) is 20.7. The van der Waals surface area contributed by atoms with E-state index in [1.165, 1.54) is 0 Å².